The molecule has 1 aromatic carbocycles. The van der Waals surface area contributed by atoms with E-state index in [1.54, 1.807) is 6.92 Å². The number of rotatable bonds is 2. The van der Waals surface area contributed by atoms with Crippen molar-refractivity contribution in [2.75, 3.05) is 0 Å². The van der Waals surface area contributed by atoms with Crippen molar-refractivity contribution in [1.29, 1.82) is 0 Å². The minimum atomic E-state index is -4.62. The molecule has 16 heavy (non-hydrogen) atoms. The molecule has 0 radical (unpaired) electrons. The third-order valence-corrected chi connectivity index (χ3v) is 2.98. The van der Waals surface area contributed by atoms with Gasteiger partial charge in [-0.15, -0.1) is 13.2 Å². The lowest BCUT2D eigenvalue weighted by atomic mass is 9.96. The highest BCUT2D eigenvalue weighted by atomic mass is 19.4. The number of hydrogen-bond donors (Lipinski definition) is 0. The normalized spacial score (nSPS) is 18.3. The first-order valence-corrected chi connectivity index (χ1v) is 5.16. The molecule has 0 aliphatic heterocycles. The quantitative estimate of drug-likeness (QED) is 0.747. The predicted octanol–water partition coefficient (Wildman–Crippen LogP) is 3.95. The van der Waals surface area contributed by atoms with Crippen LogP contribution >= 0.6 is 0 Å². The Morgan fingerprint density at radius 3 is 2.31 bits per heavy atom. The number of halogens is 3. The molecular weight excluding hydrogens is 217 g/mol. The molecule has 0 aromatic heterocycles. The summed E-state index contributed by atoms with van der Waals surface area (Å²) in [4.78, 5) is 0. The van der Waals surface area contributed by atoms with Gasteiger partial charge in [-0.1, -0.05) is 13.0 Å². The monoisotopic (exact) mass is 230 g/mol. The minimum absolute atomic E-state index is 0.0513. The van der Waals surface area contributed by atoms with Gasteiger partial charge in [0.15, 0.2) is 0 Å². The zero-order valence-corrected chi connectivity index (χ0v) is 9.19. The van der Waals surface area contributed by atoms with Gasteiger partial charge in [-0.3, -0.25) is 0 Å². The van der Waals surface area contributed by atoms with Gasteiger partial charge in [0.25, 0.3) is 0 Å². The summed E-state index contributed by atoms with van der Waals surface area (Å²) in [5, 5.41) is 0. The van der Waals surface area contributed by atoms with Crippen LogP contribution in [0.1, 0.15) is 30.9 Å². The Morgan fingerprint density at radius 1 is 1.19 bits per heavy atom. The topological polar surface area (TPSA) is 9.23 Å². The van der Waals surface area contributed by atoms with Crippen molar-refractivity contribution in [3.8, 4) is 5.75 Å². The Kier molecular flexibility index (Phi) is 2.40. The summed E-state index contributed by atoms with van der Waals surface area (Å²) in [7, 11) is 0. The van der Waals surface area contributed by atoms with Gasteiger partial charge in [-0.05, 0) is 48.4 Å². The van der Waals surface area contributed by atoms with E-state index in [0.29, 0.717) is 0 Å². The van der Waals surface area contributed by atoms with E-state index in [4.69, 9.17) is 0 Å². The summed E-state index contributed by atoms with van der Waals surface area (Å²) in [6.45, 7) is 3.83. The van der Waals surface area contributed by atoms with Crippen molar-refractivity contribution in [3.05, 3.63) is 29.3 Å². The fourth-order valence-corrected chi connectivity index (χ4v) is 1.77. The van der Waals surface area contributed by atoms with Gasteiger partial charge in [0.05, 0.1) is 0 Å². The van der Waals surface area contributed by atoms with E-state index in [0.717, 1.165) is 24.0 Å². The summed E-state index contributed by atoms with van der Waals surface area (Å²) in [6, 6.07) is 4.83. The molecule has 0 amide bonds. The lowest BCUT2D eigenvalue weighted by Gasteiger charge is -2.14. The van der Waals surface area contributed by atoms with E-state index >= 15 is 0 Å². The van der Waals surface area contributed by atoms with Crippen LogP contribution < -0.4 is 4.74 Å². The maximum Gasteiger partial charge on any atom is 0.573 e. The average molecular weight is 230 g/mol. The molecule has 1 aliphatic carbocycles. The Morgan fingerprint density at radius 2 is 1.81 bits per heavy atom. The SMILES string of the molecule is Cc1cc(OC(F)(F)F)cc(C2(C)CC2)c1. The highest BCUT2D eigenvalue weighted by Gasteiger charge is 2.40. The Balaban J connectivity index is 2.29. The largest absolute Gasteiger partial charge is 0.573 e. The third-order valence-electron chi connectivity index (χ3n) is 2.98. The Bertz CT molecular complexity index is 405. The van der Waals surface area contributed by atoms with Gasteiger partial charge in [-0.2, -0.15) is 0 Å². The first-order valence-electron chi connectivity index (χ1n) is 5.16. The summed E-state index contributed by atoms with van der Waals surface area (Å²) < 4.78 is 40.2. The lowest BCUT2D eigenvalue weighted by molar-refractivity contribution is -0.274. The van der Waals surface area contributed by atoms with Crippen molar-refractivity contribution in [3.63, 3.8) is 0 Å². The van der Waals surface area contributed by atoms with Crippen LogP contribution in [0.3, 0.4) is 0 Å². The van der Waals surface area contributed by atoms with Crippen molar-refractivity contribution < 1.29 is 17.9 Å². The van der Waals surface area contributed by atoms with Crippen LogP contribution in [0.5, 0.6) is 5.75 Å². The average Bonchev–Trinajstić information content (AvgIpc) is 2.80. The zero-order chi connectivity index (χ0) is 12.0. The standard InChI is InChI=1S/C12H13F3O/c1-8-5-9(11(2)3-4-11)7-10(6-8)16-12(13,14)15/h5-7H,3-4H2,1-2H3. The van der Waals surface area contributed by atoms with Gasteiger partial charge < -0.3 is 4.74 Å². The molecule has 1 aromatic rings. The van der Waals surface area contributed by atoms with Crippen LogP contribution in [0.4, 0.5) is 13.2 Å². The highest BCUT2D eigenvalue weighted by Crippen LogP contribution is 2.48. The number of alkyl halides is 3. The number of benzene rings is 1. The lowest BCUT2D eigenvalue weighted by Crippen LogP contribution is -2.17. The van der Waals surface area contributed by atoms with Crippen molar-refractivity contribution >= 4 is 0 Å². The molecule has 1 aliphatic rings. The minimum Gasteiger partial charge on any atom is -0.406 e. The Hall–Kier alpha value is -1.19. The van der Waals surface area contributed by atoms with E-state index in [1.807, 2.05) is 6.07 Å². The van der Waals surface area contributed by atoms with Gasteiger partial charge in [0, 0.05) is 0 Å². The fraction of sp³-hybridized carbons (Fsp3) is 0.500. The van der Waals surface area contributed by atoms with Gasteiger partial charge in [0.2, 0.25) is 0 Å². The van der Waals surface area contributed by atoms with E-state index < -0.39 is 6.36 Å². The van der Waals surface area contributed by atoms with E-state index in [2.05, 4.69) is 11.7 Å². The fourth-order valence-electron chi connectivity index (χ4n) is 1.77. The summed E-state index contributed by atoms with van der Waals surface area (Å²) in [6.07, 6.45) is -2.56. The van der Waals surface area contributed by atoms with E-state index in [9.17, 15) is 13.2 Å². The van der Waals surface area contributed by atoms with Gasteiger partial charge in [0.1, 0.15) is 5.75 Å². The molecule has 0 bridgehead atoms. The van der Waals surface area contributed by atoms with Crippen LogP contribution in [-0.4, -0.2) is 6.36 Å². The Labute approximate surface area is 92.2 Å². The molecule has 4 heteroatoms. The molecule has 1 fully saturated rings. The van der Waals surface area contributed by atoms with Crippen molar-refractivity contribution in [2.45, 2.75) is 38.5 Å². The molecule has 88 valence electrons. The maximum atomic E-state index is 12.1. The first-order chi connectivity index (χ1) is 7.28. The molecule has 0 spiro atoms. The summed E-state index contributed by atoms with van der Waals surface area (Å²) in [5.41, 5.74) is 1.78. The van der Waals surface area contributed by atoms with Crippen LogP contribution in [-0.2, 0) is 5.41 Å². The van der Waals surface area contributed by atoms with Crippen LogP contribution in [0.2, 0.25) is 0 Å². The smallest absolute Gasteiger partial charge is 0.406 e. The molecule has 0 saturated heterocycles. The summed E-state index contributed by atoms with van der Waals surface area (Å²) >= 11 is 0. The summed E-state index contributed by atoms with van der Waals surface area (Å²) in [5.74, 6) is -0.115. The number of aryl methyl sites for hydroxylation is 1. The first kappa shape index (κ1) is 11.3. The third kappa shape index (κ3) is 2.49. The molecule has 1 nitrogen and oxygen atoms in total. The van der Waals surface area contributed by atoms with Crippen LogP contribution in [0, 0.1) is 6.92 Å². The van der Waals surface area contributed by atoms with Crippen LogP contribution in [0.15, 0.2) is 18.2 Å². The molecule has 0 atom stereocenters. The number of ether oxygens (including phenoxy) is 1. The van der Waals surface area contributed by atoms with Crippen molar-refractivity contribution in [2.24, 2.45) is 0 Å². The van der Waals surface area contributed by atoms with E-state index in [1.165, 1.54) is 12.1 Å². The second kappa shape index (κ2) is 3.40. The van der Waals surface area contributed by atoms with Crippen molar-refractivity contribution in [1.82, 2.24) is 0 Å². The number of hydrogen-bond acceptors (Lipinski definition) is 1. The molecule has 0 N–H and O–H groups in total. The molecule has 1 saturated carbocycles. The molecule has 0 heterocycles. The predicted molar refractivity (Wildman–Crippen MR) is 54.4 cm³/mol. The van der Waals surface area contributed by atoms with Gasteiger partial charge >= 0.3 is 6.36 Å². The second-order valence-electron chi connectivity index (χ2n) is 4.64. The maximum absolute atomic E-state index is 12.1. The highest BCUT2D eigenvalue weighted by molar-refractivity contribution is 5.40. The van der Waals surface area contributed by atoms with Gasteiger partial charge in [-0.25, -0.2) is 0 Å². The molecule has 0 unspecified atom stereocenters. The van der Waals surface area contributed by atoms with E-state index in [-0.39, 0.29) is 11.2 Å². The molecular formula is C12H13F3O. The van der Waals surface area contributed by atoms with Crippen LogP contribution in [0.25, 0.3) is 0 Å². The molecule has 2 rings (SSSR count). The second-order valence-corrected chi connectivity index (χ2v) is 4.64. The zero-order valence-electron chi connectivity index (χ0n) is 9.19.